The maximum absolute atomic E-state index is 12.7. The second-order valence-corrected chi connectivity index (χ2v) is 7.93. The van der Waals surface area contributed by atoms with Crippen LogP contribution in [0.5, 0.6) is 0 Å². The molecule has 3 heterocycles. The molecule has 24 heavy (non-hydrogen) atoms. The van der Waals surface area contributed by atoms with E-state index in [-0.39, 0.29) is 16.8 Å². The lowest BCUT2D eigenvalue weighted by atomic mass is 10.2. The maximum Gasteiger partial charge on any atom is 0.294 e. The number of rotatable bonds is 3. The van der Waals surface area contributed by atoms with E-state index >= 15 is 0 Å². The van der Waals surface area contributed by atoms with Crippen molar-refractivity contribution < 1.29 is 17.6 Å². The van der Waals surface area contributed by atoms with Gasteiger partial charge in [-0.25, -0.2) is 8.42 Å². The summed E-state index contributed by atoms with van der Waals surface area (Å²) in [6.07, 6.45) is 2.51. The molecule has 7 heteroatoms. The van der Waals surface area contributed by atoms with Crippen LogP contribution in [0.25, 0.3) is 0 Å². The van der Waals surface area contributed by atoms with Gasteiger partial charge in [-0.2, -0.15) is 4.31 Å². The second-order valence-electron chi connectivity index (χ2n) is 6.07. The molecule has 1 amide bonds. The fraction of sp³-hybridized carbons (Fsp3) is 0.353. The number of carbonyl (C=O) groups is 1. The first-order valence-electron chi connectivity index (χ1n) is 8.07. The van der Waals surface area contributed by atoms with Gasteiger partial charge in [0.05, 0.1) is 0 Å². The van der Waals surface area contributed by atoms with Crippen molar-refractivity contribution >= 4 is 21.6 Å². The zero-order valence-corrected chi connectivity index (χ0v) is 14.0. The molecule has 0 bridgehead atoms. The molecule has 0 unspecified atom stereocenters. The highest BCUT2D eigenvalue weighted by Gasteiger charge is 2.32. The summed E-state index contributed by atoms with van der Waals surface area (Å²) >= 11 is 0. The molecule has 4 rings (SSSR count). The van der Waals surface area contributed by atoms with E-state index in [1.54, 1.807) is 4.90 Å². The summed E-state index contributed by atoms with van der Waals surface area (Å²) in [6.45, 7) is 1.59. The number of sulfonamides is 1. The van der Waals surface area contributed by atoms with Crippen LogP contribution in [0.3, 0.4) is 0 Å². The molecule has 0 aliphatic carbocycles. The van der Waals surface area contributed by atoms with Crippen LogP contribution < -0.4 is 4.90 Å². The first-order valence-corrected chi connectivity index (χ1v) is 9.51. The Balaban J connectivity index is 1.60. The third kappa shape index (κ3) is 2.44. The van der Waals surface area contributed by atoms with E-state index in [1.807, 2.05) is 24.3 Å². The zero-order valence-electron chi connectivity index (χ0n) is 13.1. The number of amides is 1. The normalized spacial score (nSPS) is 18.1. The van der Waals surface area contributed by atoms with Crippen molar-refractivity contribution in [2.24, 2.45) is 0 Å². The fourth-order valence-electron chi connectivity index (χ4n) is 3.31. The van der Waals surface area contributed by atoms with E-state index in [9.17, 15) is 13.2 Å². The Bertz CT molecular complexity index is 882. The van der Waals surface area contributed by atoms with Crippen molar-refractivity contribution in [2.45, 2.75) is 24.4 Å². The van der Waals surface area contributed by atoms with E-state index < -0.39 is 10.0 Å². The first kappa shape index (κ1) is 15.4. The van der Waals surface area contributed by atoms with Crippen molar-refractivity contribution in [1.29, 1.82) is 0 Å². The summed E-state index contributed by atoms with van der Waals surface area (Å²) in [7, 11) is -3.64. The largest absolute Gasteiger partial charge is 0.438 e. The van der Waals surface area contributed by atoms with Crippen LogP contribution in [-0.2, 0) is 16.4 Å². The molecule has 0 N–H and O–H groups in total. The number of fused-ring (bicyclic) bond motifs is 1. The predicted octanol–water partition coefficient (Wildman–Crippen LogP) is 2.27. The first-order chi connectivity index (χ1) is 11.6. The van der Waals surface area contributed by atoms with Gasteiger partial charge in [0.25, 0.3) is 15.9 Å². The molecule has 1 aromatic heterocycles. The minimum atomic E-state index is -3.64. The molecule has 2 aromatic rings. The molecule has 2 aliphatic rings. The third-order valence-corrected chi connectivity index (χ3v) is 6.36. The van der Waals surface area contributed by atoms with Gasteiger partial charge in [0, 0.05) is 25.3 Å². The predicted molar refractivity (Wildman–Crippen MR) is 88.5 cm³/mol. The van der Waals surface area contributed by atoms with Crippen LogP contribution in [0.1, 0.15) is 29.0 Å². The number of benzene rings is 1. The van der Waals surface area contributed by atoms with Crippen molar-refractivity contribution in [3.63, 3.8) is 0 Å². The van der Waals surface area contributed by atoms with Gasteiger partial charge >= 0.3 is 0 Å². The number of carbonyl (C=O) groups excluding carboxylic acids is 1. The summed E-state index contributed by atoms with van der Waals surface area (Å²) in [5, 5.41) is -0.153. The molecule has 1 aromatic carbocycles. The number of hydrogen-bond acceptors (Lipinski definition) is 4. The van der Waals surface area contributed by atoms with Crippen molar-refractivity contribution in [3.8, 4) is 0 Å². The van der Waals surface area contributed by atoms with Gasteiger partial charge in [-0.05, 0) is 43.0 Å². The lowest BCUT2D eigenvalue weighted by molar-refractivity contribution is 0.0957. The van der Waals surface area contributed by atoms with E-state index in [0.29, 0.717) is 19.6 Å². The van der Waals surface area contributed by atoms with Crippen LogP contribution in [0.2, 0.25) is 0 Å². The lowest BCUT2D eigenvalue weighted by Gasteiger charge is -2.16. The number of anilines is 1. The van der Waals surface area contributed by atoms with Gasteiger partial charge in [-0.1, -0.05) is 18.2 Å². The van der Waals surface area contributed by atoms with Gasteiger partial charge in [0.1, 0.15) is 0 Å². The molecule has 0 spiro atoms. The maximum atomic E-state index is 12.7. The minimum Gasteiger partial charge on any atom is -0.438 e. The number of nitrogens with zero attached hydrogens (tertiary/aromatic N) is 2. The van der Waals surface area contributed by atoms with Crippen LogP contribution in [0.4, 0.5) is 5.69 Å². The van der Waals surface area contributed by atoms with Gasteiger partial charge in [-0.3, -0.25) is 4.79 Å². The quantitative estimate of drug-likeness (QED) is 0.855. The monoisotopic (exact) mass is 346 g/mol. The summed E-state index contributed by atoms with van der Waals surface area (Å²) in [5.74, 6) is -0.243. The molecule has 6 nitrogen and oxygen atoms in total. The van der Waals surface area contributed by atoms with Crippen LogP contribution in [0.15, 0.2) is 45.9 Å². The molecule has 126 valence electrons. The SMILES string of the molecule is O=C(c1ccc(S(=O)(=O)N2CCCC2)o1)N1CCc2ccccc21. The van der Waals surface area contributed by atoms with E-state index in [2.05, 4.69) is 0 Å². The highest BCUT2D eigenvalue weighted by molar-refractivity contribution is 7.89. The van der Waals surface area contributed by atoms with Gasteiger partial charge in [-0.15, -0.1) is 0 Å². The summed E-state index contributed by atoms with van der Waals surface area (Å²) in [4.78, 5) is 14.3. The Hall–Kier alpha value is -2.12. The molecule has 0 radical (unpaired) electrons. The van der Waals surface area contributed by atoms with Crippen molar-refractivity contribution in [3.05, 3.63) is 47.7 Å². The van der Waals surface area contributed by atoms with Gasteiger partial charge in [0.2, 0.25) is 5.09 Å². The van der Waals surface area contributed by atoms with E-state index in [4.69, 9.17) is 4.42 Å². The van der Waals surface area contributed by atoms with Gasteiger partial charge in [0.15, 0.2) is 5.76 Å². The highest BCUT2D eigenvalue weighted by atomic mass is 32.2. The number of furan rings is 1. The number of para-hydroxylation sites is 1. The molecule has 2 aliphatic heterocycles. The smallest absolute Gasteiger partial charge is 0.294 e. The van der Waals surface area contributed by atoms with Crippen LogP contribution in [0, 0.1) is 0 Å². The molecule has 1 fully saturated rings. The molecule has 0 atom stereocenters. The summed E-state index contributed by atoms with van der Waals surface area (Å²) in [5.41, 5.74) is 1.98. The zero-order chi connectivity index (χ0) is 16.7. The van der Waals surface area contributed by atoms with Crippen molar-refractivity contribution in [2.75, 3.05) is 24.5 Å². The second kappa shape index (κ2) is 5.75. The summed E-state index contributed by atoms with van der Waals surface area (Å²) < 4.78 is 31.8. The Labute approximate surface area is 140 Å². The Morgan fingerprint density at radius 1 is 1.00 bits per heavy atom. The standard InChI is InChI=1S/C17H18N2O4S/c20-17(19-12-9-13-5-1-2-6-14(13)19)15-7-8-16(23-15)24(21,22)18-10-3-4-11-18/h1-2,5-8H,3-4,9-12H2. The minimum absolute atomic E-state index is 0.0597. The average Bonchev–Trinajstić information content (AvgIpc) is 3.33. The third-order valence-electron chi connectivity index (χ3n) is 4.58. The fourth-order valence-corrected chi connectivity index (χ4v) is 4.74. The Morgan fingerprint density at radius 2 is 1.75 bits per heavy atom. The topological polar surface area (TPSA) is 70.8 Å². The van der Waals surface area contributed by atoms with Gasteiger partial charge < -0.3 is 9.32 Å². The molecular formula is C17H18N2O4S. The highest BCUT2D eigenvalue weighted by Crippen LogP contribution is 2.30. The van der Waals surface area contributed by atoms with Crippen molar-refractivity contribution in [1.82, 2.24) is 4.31 Å². The van der Waals surface area contributed by atoms with Crippen LogP contribution in [-0.4, -0.2) is 38.3 Å². The Kier molecular flexibility index (Phi) is 3.69. The van der Waals surface area contributed by atoms with E-state index in [0.717, 1.165) is 30.5 Å². The lowest BCUT2D eigenvalue weighted by Crippen LogP contribution is -2.29. The Morgan fingerprint density at radius 3 is 2.54 bits per heavy atom. The van der Waals surface area contributed by atoms with Crippen LogP contribution >= 0.6 is 0 Å². The molecule has 0 saturated carbocycles. The summed E-state index contributed by atoms with van der Waals surface area (Å²) in [6, 6.07) is 10.5. The molecular weight excluding hydrogens is 328 g/mol. The van der Waals surface area contributed by atoms with E-state index in [1.165, 1.54) is 16.4 Å². The number of hydrogen-bond donors (Lipinski definition) is 0. The average molecular weight is 346 g/mol. The molecule has 1 saturated heterocycles.